The zero-order chi connectivity index (χ0) is 19.9. The minimum absolute atomic E-state index is 0.308. The molecule has 2 aromatic carbocycles. The molecule has 4 aromatic rings. The Hall–Kier alpha value is -3.19. The van der Waals surface area contributed by atoms with E-state index in [0.717, 1.165) is 17.7 Å². The third-order valence-electron chi connectivity index (χ3n) is 4.24. The van der Waals surface area contributed by atoms with Gasteiger partial charge in [0.05, 0.1) is 27.3 Å². The highest BCUT2D eigenvalue weighted by Gasteiger charge is 2.30. The van der Waals surface area contributed by atoms with Crippen LogP contribution in [-0.2, 0) is 6.18 Å². The Morgan fingerprint density at radius 3 is 2.36 bits per heavy atom. The van der Waals surface area contributed by atoms with Crippen LogP contribution in [0.15, 0.2) is 54.7 Å². The number of hydrogen-bond donors (Lipinski definition) is 1. The van der Waals surface area contributed by atoms with Crippen LogP contribution in [0.5, 0.6) is 0 Å². The van der Waals surface area contributed by atoms with Gasteiger partial charge < -0.3 is 4.98 Å². The Bertz CT molecular complexity index is 1180. The van der Waals surface area contributed by atoms with Gasteiger partial charge in [-0.05, 0) is 24.3 Å². The van der Waals surface area contributed by atoms with Crippen molar-refractivity contribution in [1.82, 2.24) is 15.0 Å². The Morgan fingerprint density at radius 2 is 1.71 bits per heavy atom. The van der Waals surface area contributed by atoms with Gasteiger partial charge in [0, 0.05) is 22.9 Å². The Morgan fingerprint density at radius 1 is 1.00 bits per heavy atom. The molecule has 0 saturated carbocycles. The highest BCUT2D eigenvalue weighted by Crippen LogP contribution is 2.32. The number of aromatic amines is 1. The average Bonchev–Trinajstić information content (AvgIpc) is 3.10. The minimum Gasteiger partial charge on any atom is -0.338 e. The van der Waals surface area contributed by atoms with Gasteiger partial charge in [-0.1, -0.05) is 35.9 Å². The lowest BCUT2D eigenvalue weighted by Gasteiger charge is -2.05. The van der Waals surface area contributed by atoms with Gasteiger partial charge in [0.15, 0.2) is 6.29 Å². The number of aromatic nitrogens is 3. The number of imidazole rings is 1. The summed E-state index contributed by atoms with van der Waals surface area (Å²) in [6.45, 7) is 0. The molecule has 0 spiro atoms. The number of pyridine rings is 1. The molecule has 0 saturated heterocycles. The summed E-state index contributed by atoms with van der Waals surface area (Å²) >= 11 is 6.17. The first kappa shape index (κ1) is 18.2. The normalized spacial score (nSPS) is 11.7. The first-order chi connectivity index (χ1) is 13.3. The molecule has 0 aliphatic rings. The van der Waals surface area contributed by atoms with E-state index in [4.69, 9.17) is 11.6 Å². The molecule has 4 nitrogen and oxygen atoms in total. The van der Waals surface area contributed by atoms with Crippen LogP contribution >= 0.6 is 11.6 Å². The van der Waals surface area contributed by atoms with Gasteiger partial charge in [-0.3, -0.25) is 9.78 Å². The molecule has 2 heterocycles. The largest absolute Gasteiger partial charge is 0.416 e. The van der Waals surface area contributed by atoms with E-state index < -0.39 is 11.7 Å². The Kier molecular flexibility index (Phi) is 4.39. The molecule has 0 bridgehead atoms. The number of fused-ring (bicyclic) bond motifs is 1. The molecule has 0 aliphatic carbocycles. The minimum atomic E-state index is -4.41. The predicted octanol–water partition coefficient (Wildman–Crippen LogP) is 5.78. The van der Waals surface area contributed by atoms with Gasteiger partial charge in [-0.25, -0.2) is 4.98 Å². The smallest absolute Gasteiger partial charge is 0.338 e. The van der Waals surface area contributed by atoms with Crippen LogP contribution in [0.2, 0.25) is 5.02 Å². The van der Waals surface area contributed by atoms with Crippen molar-refractivity contribution in [3.8, 4) is 22.6 Å². The van der Waals surface area contributed by atoms with E-state index >= 15 is 0 Å². The number of aldehydes is 1. The van der Waals surface area contributed by atoms with Crippen molar-refractivity contribution in [2.45, 2.75) is 6.18 Å². The molecular weight excluding hydrogens is 391 g/mol. The highest BCUT2D eigenvalue weighted by molar-refractivity contribution is 6.33. The summed E-state index contributed by atoms with van der Waals surface area (Å²) in [5.41, 5.74) is 2.37. The number of rotatable bonds is 3. The van der Waals surface area contributed by atoms with Crippen LogP contribution in [0.1, 0.15) is 15.9 Å². The third kappa shape index (κ3) is 3.36. The number of halogens is 4. The molecule has 4 rings (SSSR count). The zero-order valence-electron chi connectivity index (χ0n) is 14.1. The first-order valence-corrected chi connectivity index (χ1v) is 8.51. The van der Waals surface area contributed by atoms with Crippen molar-refractivity contribution in [1.29, 1.82) is 0 Å². The first-order valence-electron chi connectivity index (χ1n) is 8.13. The lowest BCUT2D eigenvalue weighted by Crippen LogP contribution is -2.04. The van der Waals surface area contributed by atoms with Crippen molar-refractivity contribution >= 4 is 28.9 Å². The molecule has 0 radical (unpaired) electrons. The number of nitrogens with zero attached hydrogens (tertiary/aromatic N) is 2. The number of alkyl halides is 3. The van der Waals surface area contributed by atoms with Gasteiger partial charge in [0.2, 0.25) is 0 Å². The standard InChI is InChI=1S/C20H11ClF3N3O/c21-15-7-11(10-28)9-25-18(15)12-1-3-13(4-2-12)19-26-16-6-5-14(20(22,23)24)8-17(16)27-19/h1-10H,(H,26,27). The Labute approximate surface area is 162 Å². The lowest BCUT2D eigenvalue weighted by atomic mass is 10.1. The fraction of sp³-hybridized carbons (Fsp3) is 0.0500. The fourth-order valence-corrected chi connectivity index (χ4v) is 3.12. The summed E-state index contributed by atoms with van der Waals surface area (Å²) in [7, 11) is 0. The number of H-pyrrole nitrogens is 1. The van der Waals surface area contributed by atoms with Crippen molar-refractivity contribution in [2.24, 2.45) is 0 Å². The second-order valence-corrected chi connectivity index (χ2v) is 6.52. The summed E-state index contributed by atoms with van der Waals surface area (Å²) in [6, 6.07) is 12.0. The summed E-state index contributed by atoms with van der Waals surface area (Å²) in [4.78, 5) is 22.2. The van der Waals surface area contributed by atoms with E-state index in [1.165, 1.54) is 18.3 Å². The molecule has 2 aromatic heterocycles. The SMILES string of the molecule is O=Cc1cnc(-c2ccc(-c3nc4ccc(C(F)(F)F)cc4[nH]3)cc2)c(Cl)c1. The van der Waals surface area contributed by atoms with Gasteiger partial charge in [-0.2, -0.15) is 13.2 Å². The molecule has 0 unspecified atom stereocenters. The third-order valence-corrected chi connectivity index (χ3v) is 4.53. The lowest BCUT2D eigenvalue weighted by molar-refractivity contribution is -0.137. The van der Waals surface area contributed by atoms with E-state index in [9.17, 15) is 18.0 Å². The summed E-state index contributed by atoms with van der Waals surface area (Å²) in [5.74, 6) is 0.455. The average molecular weight is 402 g/mol. The molecule has 140 valence electrons. The highest BCUT2D eigenvalue weighted by atomic mass is 35.5. The molecule has 0 amide bonds. The zero-order valence-corrected chi connectivity index (χ0v) is 14.8. The molecule has 1 N–H and O–H groups in total. The van der Waals surface area contributed by atoms with Crippen LogP contribution < -0.4 is 0 Å². The van der Waals surface area contributed by atoms with Crippen molar-refractivity contribution in [3.63, 3.8) is 0 Å². The second-order valence-electron chi connectivity index (χ2n) is 6.11. The number of carbonyl (C=O) groups is 1. The summed E-state index contributed by atoms with van der Waals surface area (Å²) < 4.78 is 38.6. The number of hydrogen-bond acceptors (Lipinski definition) is 3. The monoisotopic (exact) mass is 401 g/mol. The van der Waals surface area contributed by atoms with Crippen LogP contribution in [-0.4, -0.2) is 21.2 Å². The van der Waals surface area contributed by atoms with E-state index in [1.54, 1.807) is 24.3 Å². The van der Waals surface area contributed by atoms with Gasteiger partial charge in [-0.15, -0.1) is 0 Å². The quantitative estimate of drug-likeness (QED) is 0.443. The van der Waals surface area contributed by atoms with Gasteiger partial charge >= 0.3 is 6.18 Å². The van der Waals surface area contributed by atoms with Crippen molar-refractivity contribution < 1.29 is 18.0 Å². The van der Waals surface area contributed by atoms with Gasteiger partial charge in [0.1, 0.15) is 5.82 Å². The molecule has 0 fully saturated rings. The molecule has 0 aliphatic heterocycles. The number of carbonyl (C=O) groups excluding carboxylic acids is 1. The van der Waals surface area contributed by atoms with Crippen LogP contribution in [0.4, 0.5) is 13.2 Å². The maximum atomic E-state index is 12.9. The molecular formula is C20H11ClF3N3O. The van der Waals surface area contributed by atoms with E-state index in [0.29, 0.717) is 45.0 Å². The van der Waals surface area contributed by atoms with E-state index in [1.807, 2.05) is 0 Å². The molecule has 28 heavy (non-hydrogen) atoms. The second kappa shape index (κ2) is 6.76. The van der Waals surface area contributed by atoms with Crippen LogP contribution in [0.3, 0.4) is 0 Å². The number of nitrogens with one attached hydrogen (secondary N) is 1. The number of benzene rings is 2. The summed E-state index contributed by atoms with van der Waals surface area (Å²) in [5, 5.41) is 0.348. The maximum Gasteiger partial charge on any atom is 0.416 e. The van der Waals surface area contributed by atoms with Crippen molar-refractivity contribution in [3.05, 3.63) is 70.9 Å². The maximum absolute atomic E-state index is 12.9. The fourth-order valence-electron chi connectivity index (χ4n) is 2.84. The van der Waals surface area contributed by atoms with Crippen LogP contribution in [0.25, 0.3) is 33.7 Å². The van der Waals surface area contributed by atoms with E-state index in [2.05, 4.69) is 15.0 Å². The van der Waals surface area contributed by atoms with E-state index in [-0.39, 0.29) is 0 Å². The van der Waals surface area contributed by atoms with Crippen LogP contribution in [0, 0.1) is 0 Å². The topological polar surface area (TPSA) is 58.6 Å². The summed E-state index contributed by atoms with van der Waals surface area (Å²) in [6.07, 6.45) is -2.32. The molecule has 0 atom stereocenters. The van der Waals surface area contributed by atoms with Gasteiger partial charge in [0.25, 0.3) is 0 Å². The van der Waals surface area contributed by atoms with Crippen molar-refractivity contribution in [2.75, 3.05) is 0 Å². The Balaban J connectivity index is 1.68. The molecule has 8 heteroatoms. The predicted molar refractivity (Wildman–Crippen MR) is 100 cm³/mol.